The fourth-order valence-electron chi connectivity index (χ4n) is 1.52. The van der Waals surface area contributed by atoms with Crippen LogP contribution in [0.1, 0.15) is 31.9 Å². The summed E-state index contributed by atoms with van der Waals surface area (Å²) in [6, 6.07) is 5.91. The van der Waals surface area contributed by atoms with Crippen LogP contribution in [0.15, 0.2) is 24.3 Å². The summed E-state index contributed by atoms with van der Waals surface area (Å²) in [7, 11) is -1.73. The Morgan fingerprint density at radius 1 is 1.30 bits per heavy atom. The van der Waals surface area contributed by atoms with Gasteiger partial charge in [-0.3, -0.25) is 0 Å². The van der Waals surface area contributed by atoms with Crippen LogP contribution in [0.4, 0.5) is 5.69 Å². The summed E-state index contributed by atoms with van der Waals surface area (Å²) >= 11 is 0. The molecule has 3 N–H and O–H groups in total. The van der Waals surface area contributed by atoms with Gasteiger partial charge in [0, 0.05) is 5.69 Å². The highest BCUT2D eigenvalue weighted by atomic mass is 28.4. The molecule has 1 aromatic rings. The molecule has 0 fully saturated rings. The van der Waals surface area contributed by atoms with Gasteiger partial charge in [0.1, 0.15) is 0 Å². The number of nitrogen functional groups attached to an aromatic ring is 1. The van der Waals surface area contributed by atoms with Crippen LogP contribution in [0.5, 0.6) is 0 Å². The SMILES string of the molecule is CC(C)(C)[Si](C)(C)OCc1ccc(N)c(/C=C/CO)c1. The summed E-state index contributed by atoms with van der Waals surface area (Å²) in [5.41, 5.74) is 8.67. The summed E-state index contributed by atoms with van der Waals surface area (Å²) in [5, 5.41) is 9.05. The van der Waals surface area contributed by atoms with Crippen LogP contribution in [0.2, 0.25) is 18.1 Å². The molecule has 0 spiro atoms. The summed E-state index contributed by atoms with van der Waals surface area (Å²) in [6.45, 7) is 11.8. The van der Waals surface area contributed by atoms with Crippen molar-refractivity contribution in [1.29, 1.82) is 0 Å². The Morgan fingerprint density at radius 2 is 1.95 bits per heavy atom. The maximum Gasteiger partial charge on any atom is 0.192 e. The van der Waals surface area contributed by atoms with Gasteiger partial charge in [-0.1, -0.05) is 39.0 Å². The summed E-state index contributed by atoms with van der Waals surface area (Å²) < 4.78 is 6.20. The number of aliphatic hydroxyl groups is 1. The molecular formula is C16H27NO2Si. The molecular weight excluding hydrogens is 266 g/mol. The summed E-state index contributed by atoms with van der Waals surface area (Å²) in [4.78, 5) is 0. The van der Waals surface area contributed by atoms with E-state index in [0.717, 1.165) is 11.1 Å². The van der Waals surface area contributed by atoms with Gasteiger partial charge < -0.3 is 15.3 Å². The van der Waals surface area contributed by atoms with Crippen LogP contribution in [0.25, 0.3) is 6.08 Å². The van der Waals surface area contributed by atoms with E-state index in [1.807, 2.05) is 24.3 Å². The highest BCUT2D eigenvalue weighted by Crippen LogP contribution is 2.37. The van der Waals surface area contributed by atoms with Gasteiger partial charge in [-0.05, 0) is 41.4 Å². The number of rotatable bonds is 5. The Morgan fingerprint density at radius 3 is 2.50 bits per heavy atom. The molecule has 0 saturated heterocycles. The second-order valence-corrected chi connectivity index (χ2v) is 11.4. The summed E-state index contributed by atoms with van der Waals surface area (Å²) in [5.74, 6) is 0. The minimum absolute atomic E-state index is 0.0180. The predicted molar refractivity (Wildman–Crippen MR) is 89.0 cm³/mol. The lowest BCUT2D eigenvalue weighted by Crippen LogP contribution is -2.40. The third-order valence-electron chi connectivity index (χ3n) is 3.96. The molecule has 3 nitrogen and oxygen atoms in total. The van der Waals surface area contributed by atoms with E-state index in [1.165, 1.54) is 0 Å². The topological polar surface area (TPSA) is 55.5 Å². The van der Waals surface area contributed by atoms with Gasteiger partial charge in [-0.15, -0.1) is 0 Å². The molecule has 0 heterocycles. The predicted octanol–water partition coefficient (Wildman–Crippen LogP) is 3.80. The Bertz CT molecular complexity index is 476. The first-order valence-corrected chi connectivity index (χ1v) is 9.88. The Kier molecular flexibility index (Phi) is 5.56. The minimum Gasteiger partial charge on any atom is -0.413 e. The Labute approximate surface area is 123 Å². The molecule has 0 radical (unpaired) electrons. The van der Waals surface area contributed by atoms with Gasteiger partial charge in [0.25, 0.3) is 0 Å². The Balaban J connectivity index is 2.82. The average molecular weight is 293 g/mol. The van der Waals surface area contributed by atoms with Crippen LogP contribution < -0.4 is 5.73 Å². The first-order chi connectivity index (χ1) is 9.17. The fourth-order valence-corrected chi connectivity index (χ4v) is 2.48. The molecule has 0 bridgehead atoms. The molecule has 0 aliphatic carbocycles. The van der Waals surface area contributed by atoms with Crippen LogP contribution in [-0.2, 0) is 11.0 Å². The number of benzene rings is 1. The van der Waals surface area contributed by atoms with E-state index >= 15 is 0 Å². The molecule has 0 unspecified atom stereocenters. The van der Waals surface area contributed by atoms with Crippen LogP contribution in [0.3, 0.4) is 0 Å². The molecule has 0 atom stereocenters. The fraction of sp³-hybridized carbons (Fsp3) is 0.500. The summed E-state index contributed by atoms with van der Waals surface area (Å²) in [6.07, 6.45) is 3.52. The zero-order valence-electron chi connectivity index (χ0n) is 13.2. The number of hydrogen-bond donors (Lipinski definition) is 2. The third kappa shape index (κ3) is 4.47. The number of nitrogens with two attached hydrogens (primary N) is 1. The largest absolute Gasteiger partial charge is 0.413 e. The maximum atomic E-state index is 8.84. The highest BCUT2D eigenvalue weighted by Gasteiger charge is 2.36. The molecule has 112 valence electrons. The molecule has 1 rings (SSSR count). The van der Waals surface area contributed by atoms with E-state index in [1.54, 1.807) is 6.08 Å². The van der Waals surface area contributed by atoms with Crippen molar-refractivity contribution < 1.29 is 9.53 Å². The van der Waals surface area contributed by atoms with E-state index in [4.69, 9.17) is 15.3 Å². The van der Waals surface area contributed by atoms with Crippen LogP contribution in [-0.4, -0.2) is 20.0 Å². The highest BCUT2D eigenvalue weighted by molar-refractivity contribution is 6.74. The Hall–Kier alpha value is -1.10. The van der Waals surface area contributed by atoms with Crippen molar-refractivity contribution in [3.63, 3.8) is 0 Å². The first kappa shape index (κ1) is 16.9. The van der Waals surface area contributed by atoms with Gasteiger partial charge in [-0.25, -0.2) is 0 Å². The second kappa shape index (κ2) is 6.57. The van der Waals surface area contributed by atoms with Crippen molar-refractivity contribution >= 4 is 20.1 Å². The van der Waals surface area contributed by atoms with Crippen molar-refractivity contribution in [2.24, 2.45) is 0 Å². The first-order valence-electron chi connectivity index (χ1n) is 6.97. The van der Waals surface area contributed by atoms with Crippen molar-refractivity contribution in [2.45, 2.75) is 45.5 Å². The average Bonchev–Trinajstić information content (AvgIpc) is 2.35. The van der Waals surface area contributed by atoms with Crippen molar-refractivity contribution in [3.05, 3.63) is 35.4 Å². The van der Waals surface area contributed by atoms with Crippen molar-refractivity contribution in [3.8, 4) is 0 Å². The minimum atomic E-state index is -1.73. The molecule has 0 aliphatic heterocycles. The van der Waals surface area contributed by atoms with Gasteiger partial charge in [0.15, 0.2) is 8.32 Å². The van der Waals surface area contributed by atoms with Crippen molar-refractivity contribution in [1.82, 2.24) is 0 Å². The number of aliphatic hydroxyl groups excluding tert-OH is 1. The van der Waals surface area contributed by atoms with Crippen molar-refractivity contribution in [2.75, 3.05) is 12.3 Å². The zero-order chi connectivity index (χ0) is 15.4. The standard InChI is InChI=1S/C16H27NO2Si/c1-16(2,3)20(4,5)19-12-13-8-9-15(17)14(11-13)7-6-10-18/h6-9,11,18H,10,12,17H2,1-5H3/b7-6+. The smallest absolute Gasteiger partial charge is 0.192 e. The molecule has 0 saturated carbocycles. The molecule has 20 heavy (non-hydrogen) atoms. The van der Waals surface area contributed by atoms with E-state index in [2.05, 4.69) is 33.9 Å². The van der Waals surface area contributed by atoms with E-state index in [9.17, 15) is 0 Å². The van der Waals surface area contributed by atoms with Crippen LogP contribution >= 0.6 is 0 Å². The molecule has 0 aromatic heterocycles. The van der Waals surface area contributed by atoms with E-state index < -0.39 is 8.32 Å². The normalized spacial score (nSPS) is 13.1. The quantitative estimate of drug-likeness (QED) is 0.641. The van der Waals surface area contributed by atoms with E-state index in [-0.39, 0.29) is 11.6 Å². The zero-order valence-corrected chi connectivity index (χ0v) is 14.2. The third-order valence-corrected chi connectivity index (χ3v) is 8.44. The lowest BCUT2D eigenvalue weighted by molar-refractivity contribution is 0.276. The number of hydrogen-bond acceptors (Lipinski definition) is 3. The molecule has 4 heteroatoms. The number of anilines is 1. The van der Waals surface area contributed by atoms with Gasteiger partial charge >= 0.3 is 0 Å². The van der Waals surface area contributed by atoms with E-state index in [0.29, 0.717) is 12.3 Å². The molecule has 0 aliphatic rings. The van der Waals surface area contributed by atoms with Gasteiger partial charge in [0.2, 0.25) is 0 Å². The van der Waals surface area contributed by atoms with Gasteiger partial charge in [0.05, 0.1) is 13.2 Å². The lowest BCUT2D eigenvalue weighted by Gasteiger charge is -2.36. The monoisotopic (exact) mass is 293 g/mol. The maximum absolute atomic E-state index is 8.84. The lowest BCUT2D eigenvalue weighted by atomic mass is 10.1. The van der Waals surface area contributed by atoms with Crippen LogP contribution in [0, 0.1) is 0 Å². The molecule has 0 amide bonds. The van der Waals surface area contributed by atoms with Gasteiger partial charge in [-0.2, -0.15) is 0 Å². The molecule has 1 aromatic carbocycles. The second-order valence-electron chi connectivity index (χ2n) is 6.60.